The van der Waals surface area contributed by atoms with Gasteiger partial charge in [-0.2, -0.15) is 0 Å². The van der Waals surface area contributed by atoms with Crippen LogP contribution in [-0.4, -0.2) is 30.5 Å². The van der Waals surface area contributed by atoms with Gasteiger partial charge in [0.15, 0.2) is 0 Å². The Kier molecular flexibility index (Phi) is 10.4. The molecule has 0 spiro atoms. The first-order chi connectivity index (χ1) is 9.27. The second kappa shape index (κ2) is 10.8. The van der Waals surface area contributed by atoms with Gasteiger partial charge in [0.05, 0.1) is 5.92 Å². The molecule has 1 amide bonds. The van der Waals surface area contributed by atoms with Crippen LogP contribution in [0.1, 0.15) is 37.7 Å². The molecule has 6 heteroatoms. The number of rotatable bonds is 5. The SMILES string of the molecule is CC(C(=O)NCCC1CCCNC1)c1cccnc1.Cl.Cl. The maximum Gasteiger partial charge on any atom is 0.227 e. The van der Waals surface area contributed by atoms with Crippen LogP contribution in [0.25, 0.3) is 0 Å². The lowest BCUT2D eigenvalue weighted by atomic mass is 9.96. The van der Waals surface area contributed by atoms with E-state index in [1.165, 1.54) is 12.8 Å². The van der Waals surface area contributed by atoms with E-state index in [4.69, 9.17) is 0 Å². The molecule has 1 saturated heterocycles. The summed E-state index contributed by atoms with van der Waals surface area (Å²) >= 11 is 0. The molecule has 0 aliphatic carbocycles. The van der Waals surface area contributed by atoms with Crippen LogP contribution >= 0.6 is 24.8 Å². The Labute approximate surface area is 139 Å². The molecule has 4 nitrogen and oxygen atoms in total. The molecule has 1 aromatic heterocycles. The van der Waals surface area contributed by atoms with Crippen LogP contribution in [0.4, 0.5) is 0 Å². The fourth-order valence-electron chi connectivity index (χ4n) is 2.51. The first kappa shape index (κ1) is 20.2. The molecule has 120 valence electrons. The highest BCUT2D eigenvalue weighted by Crippen LogP contribution is 2.15. The summed E-state index contributed by atoms with van der Waals surface area (Å²) in [5.41, 5.74) is 0.972. The predicted octanol–water partition coefficient (Wildman–Crippen LogP) is 2.53. The number of nitrogens with one attached hydrogen (secondary N) is 2. The average molecular weight is 334 g/mol. The highest BCUT2D eigenvalue weighted by atomic mass is 35.5. The summed E-state index contributed by atoms with van der Waals surface area (Å²) in [6.07, 6.45) is 7.09. The molecule has 1 aliphatic heterocycles. The van der Waals surface area contributed by atoms with Crippen molar-refractivity contribution < 1.29 is 4.79 Å². The molecular formula is C15H25Cl2N3O. The molecule has 2 rings (SSSR count). The van der Waals surface area contributed by atoms with Gasteiger partial charge in [-0.05, 0) is 56.8 Å². The Morgan fingerprint density at radius 1 is 1.52 bits per heavy atom. The number of carbonyl (C=O) groups is 1. The smallest absolute Gasteiger partial charge is 0.227 e. The van der Waals surface area contributed by atoms with Gasteiger partial charge in [0.25, 0.3) is 0 Å². The molecule has 21 heavy (non-hydrogen) atoms. The van der Waals surface area contributed by atoms with Crippen molar-refractivity contribution in [2.24, 2.45) is 5.92 Å². The number of amides is 1. The number of nitrogens with zero attached hydrogens (tertiary/aromatic N) is 1. The first-order valence-electron chi connectivity index (χ1n) is 7.15. The molecule has 0 aromatic carbocycles. The Bertz CT molecular complexity index is 397. The van der Waals surface area contributed by atoms with E-state index in [9.17, 15) is 4.79 Å². The third kappa shape index (κ3) is 6.64. The van der Waals surface area contributed by atoms with Crippen molar-refractivity contribution in [1.82, 2.24) is 15.6 Å². The lowest BCUT2D eigenvalue weighted by Crippen LogP contribution is -2.34. The lowest BCUT2D eigenvalue weighted by Gasteiger charge is -2.23. The zero-order valence-corrected chi connectivity index (χ0v) is 14.0. The Morgan fingerprint density at radius 2 is 2.33 bits per heavy atom. The maximum atomic E-state index is 12.0. The quantitative estimate of drug-likeness (QED) is 0.870. The van der Waals surface area contributed by atoms with Crippen LogP contribution < -0.4 is 10.6 Å². The Morgan fingerprint density at radius 3 is 2.95 bits per heavy atom. The van der Waals surface area contributed by atoms with E-state index in [2.05, 4.69) is 15.6 Å². The summed E-state index contributed by atoms with van der Waals surface area (Å²) < 4.78 is 0. The molecule has 1 aromatic rings. The molecule has 1 fully saturated rings. The van der Waals surface area contributed by atoms with E-state index in [1.807, 2.05) is 19.1 Å². The van der Waals surface area contributed by atoms with Gasteiger partial charge < -0.3 is 10.6 Å². The summed E-state index contributed by atoms with van der Waals surface area (Å²) in [5, 5.41) is 6.43. The summed E-state index contributed by atoms with van der Waals surface area (Å²) in [4.78, 5) is 16.1. The molecule has 2 N–H and O–H groups in total. The highest BCUT2D eigenvalue weighted by molar-refractivity contribution is 5.85. The Hall–Kier alpha value is -0.840. The van der Waals surface area contributed by atoms with E-state index in [1.54, 1.807) is 12.4 Å². The first-order valence-corrected chi connectivity index (χ1v) is 7.15. The number of piperidine rings is 1. The van der Waals surface area contributed by atoms with Crippen LogP contribution in [0.5, 0.6) is 0 Å². The number of pyridine rings is 1. The van der Waals surface area contributed by atoms with Crippen molar-refractivity contribution in [1.29, 1.82) is 0 Å². The third-order valence-electron chi connectivity index (χ3n) is 3.83. The summed E-state index contributed by atoms with van der Waals surface area (Å²) in [7, 11) is 0. The van der Waals surface area contributed by atoms with E-state index < -0.39 is 0 Å². The molecule has 1 aliphatic rings. The van der Waals surface area contributed by atoms with E-state index in [0.717, 1.165) is 31.6 Å². The minimum absolute atomic E-state index is 0. The molecule has 2 atom stereocenters. The van der Waals surface area contributed by atoms with Gasteiger partial charge in [-0.25, -0.2) is 0 Å². The van der Waals surface area contributed by atoms with Crippen molar-refractivity contribution in [3.63, 3.8) is 0 Å². The fraction of sp³-hybridized carbons (Fsp3) is 0.600. The number of hydrogen-bond acceptors (Lipinski definition) is 3. The monoisotopic (exact) mass is 333 g/mol. The highest BCUT2D eigenvalue weighted by Gasteiger charge is 2.16. The van der Waals surface area contributed by atoms with Gasteiger partial charge in [-0.3, -0.25) is 9.78 Å². The summed E-state index contributed by atoms with van der Waals surface area (Å²) in [6.45, 7) is 4.93. The zero-order valence-electron chi connectivity index (χ0n) is 12.4. The molecule has 2 heterocycles. The number of hydrogen-bond donors (Lipinski definition) is 2. The van der Waals surface area contributed by atoms with Crippen LogP contribution in [0.2, 0.25) is 0 Å². The average Bonchev–Trinajstić information content (AvgIpc) is 2.48. The van der Waals surface area contributed by atoms with Crippen LogP contribution in [0.3, 0.4) is 0 Å². The predicted molar refractivity (Wildman–Crippen MR) is 90.4 cm³/mol. The largest absolute Gasteiger partial charge is 0.356 e. The van der Waals surface area contributed by atoms with Crippen LogP contribution in [0, 0.1) is 5.92 Å². The van der Waals surface area contributed by atoms with E-state index in [-0.39, 0.29) is 36.6 Å². The lowest BCUT2D eigenvalue weighted by molar-refractivity contribution is -0.122. The second-order valence-corrected chi connectivity index (χ2v) is 5.30. The molecular weight excluding hydrogens is 309 g/mol. The minimum atomic E-state index is -0.127. The topological polar surface area (TPSA) is 54.0 Å². The third-order valence-corrected chi connectivity index (χ3v) is 3.83. The van der Waals surface area contributed by atoms with E-state index >= 15 is 0 Å². The van der Waals surface area contributed by atoms with Crippen molar-refractivity contribution in [3.05, 3.63) is 30.1 Å². The molecule has 2 unspecified atom stereocenters. The van der Waals surface area contributed by atoms with Crippen LogP contribution in [0.15, 0.2) is 24.5 Å². The van der Waals surface area contributed by atoms with Gasteiger partial charge >= 0.3 is 0 Å². The normalized spacial score (nSPS) is 18.8. The number of halogens is 2. The maximum absolute atomic E-state index is 12.0. The van der Waals surface area contributed by atoms with Gasteiger partial charge in [0.1, 0.15) is 0 Å². The van der Waals surface area contributed by atoms with Crippen molar-refractivity contribution >= 4 is 30.7 Å². The van der Waals surface area contributed by atoms with Gasteiger partial charge in [-0.1, -0.05) is 6.07 Å². The van der Waals surface area contributed by atoms with Gasteiger partial charge in [-0.15, -0.1) is 24.8 Å². The summed E-state index contributed by atoms with van der Waals surface area (Å²) in [6, 6.07) is 3.81. The molecule has 0 bridgehead atoms. The fourth-order valence-corrected chi connectivity index (χ4v) is 2.51. The standard InChI is InChI=1S/C15H23N3O.2ClH/c1-12(14-5-3-8-17-11-14)15(19)18-9-6-13-4-2-7-16-10-13;;/h3,5,8,11-13,16H,2,4,6-7,9-10H2,1H3,(H,18,19);2*1H. The van der Waals surface area contributed by atoms with Crippen molar-refractivity contribution in [3.8, 4) is 0 Å². The number of carbonyl (C=O) groups excluding carboxylic acids is 1. The van der Waals surface area contributed by atoms with Crippen molar-refractivity contribution in [2.75, 3.05) is 19.6 Å². The van der Waals surface area contributed by atoms with Crippen LogP contribution in [-0.2, 0) is 4.79 Å². The second-order valence-electron chi connectivity index (χ2n) is 5.30. The Balaban J connectivity index is 0.00000200. The van der Waals surface area contributed by atoms with Gasteiger partial charge in [0.2, 0.25) is 5.91 Å². The number of aromatic nitrogens is 1. The summed E-state index contributed by atoms with van der Waals surface area (Å²) in [5.74, 6) is 0.678. The minimum Gasteiger partial charge on any atom is -0.356 e. The zero-order chi connectivity index (χ0) is 13.5. The van der Waals surface area contributed by atoms with Crippen molar-refractivity contribution in [2.45, 2.75) is 32.1 Å². The van der Waals surface area contributed by atoms with E-state index in [0.29, 0.717) is 5.92 Å². The van der Waals surface area contributed by atoms with Gasteiger partial charge in [0, 0.05) is 18.9 Å². The molecule has 0 saturated carbocycles. The molecule has 0 radical (unpaired) electrons.